The van der Waals surface area contributed by atoms with Gasteiger partial charge in [0, 0.05) is 6.54 Å². The molecule has 0 bridgehead atoms. The second-order valence-corrected chi connectivity index (χ2v) is 5.21. The minimum atomic E-state index is -0.467. The molecule has 0 saturated heterocycles. The lowest BCUT2D eigenvalue weighted by molar-refractivity contribution is 0.0522. The summed E-state index contributed by atoms with van der Waals surface area (Å²) in [5.41, 5.74) is -0.467. The number of rotatable bonds is 3. The van der Waals surface area contributed by atoms with Crippen molar-refractivity contribution in [2.45, 2.75) is 46.3 Å². The third-order valence-corrected chi connectivity index (χ3v) is 2.53. The molecule has 0 saturated carbocycles. The normalized spacial score (nSPS) is 14.5. The number of thioether (sulfide) groups is 1. The van der Waals surface area contributed by atoms with Crippen LogP contribution in [0.2, 0.25) is 0 Å². The van der Waals surface area contributed by atoms with Gasteiger partial charge in [0.2, 0.25) is 0 Å². The number of nitrogens with one attached hydrogen (secondary N) is 1. The molecule has 0 aromatic rings. The second kappa shape index (κ2) is 6.78. The van der Waals surface area contributed by atoms with Gasteiger partial charge in [-0.2, -0.15) is 0 Å². The highest BCUT2D eigenvalue weighted by atomic mass is 32.2. The van der Waals surface area contributed by atoms with E-state index in [1.807, 2.05) is 40.9 Å². The molecule has 16 heavy (non-hydrogen) atoms. The summed E-state index contributed by atoms with van der Waals surface area (Å²) >= 11 is 1.54. The fourth-order valence-corrected chi connectivity index (χ4v) is 1.75. The molecular weight excluding hydrogens is 224 g/mol. The predicted molar refractivity (Wildman–Crippen MR) is 70.3 cm³/mol. The minimum Gasteiger partial charge on any atom is -0.444 e. The highest BCUT2D eigenvalue weighted by molar-refractivity contribution is 8.13. The van der Waals surface area contributed by atoms with E-state index in [0.29, 0.717) is 0 Å². The minimum absolute atomic E-state index is 0.107. The van der Waals surface area contributed by atoms with E-state index in [-0.39, 0.29) is 6.04 Å². The van der Waals surface area contributed by atoms with Crippen molar-refractivity contribution >= 4 is 22.9 Å². The fourth-order valence-electron chi connectivity index (χ4n) is 1.08. The Morgan fingerprint density at radius 2 is 2.06 bits per heavy atom. The monoisotopic (exact) mass is 246 g/mol. The standard InChI is InChI=1S/C11H22N2O2S/c1-7-12-9(16-6)8(2)13-10(14)15-11(3,4)5/h8H,7H2,1-6H3,(H,13,14)/t8-/m1/s1. The van der Waals surface area contributed by atoms with Gasteiger partial charge in [0.15, 0.2) is 0 Å². The summed E-state index contributed by atoms with van der Waals surface area (Å²) in [6.45, 7) is 10.1. The van der Waals surface area contributed by atoms with Crippen LogP contribution in [0.5, 0.6) is 0 Å². The van der Waals surface area contributed by atoms with Crippen LogP contribution in [0.1, 0.15) is 34.6 Å². The lowest BCUT2D eigenvalue weighted by Gasteiger charge is -2.22. The molecule has 1 N–H and O–H groups in total. The molecule has 1 atom stereocenters. The first-order valence-electron chi connectivity index (χ1n) is 5.38. The van der Waals surface area contributed by atoms with Gasteiger partial charge in [-0.3, -0.25) is 4.99 Å². The Morgan fingerprint density at radius 3 is 2.44 bits per heavy atom. The van der Waals surface area contributed by atoms with E-state index in [9.17, 15) is 4.79 Å². The predicted octanol–water partition coefficient (Wildman–Crippen LogP) is 2.68. The average Bonchev–Trinajstić information content (AvgIpc) is 2.10. The number of nitrogens with zero attached hydrogens (tertiary/aromatic N) is 1. The van der Waals surface area contributed by atoms with Gasteiger partial charge in [-0.05, 0) is 40.9 Å². The van der Waals surface area contributed by atoms with Crippen LogP contribution in [0.25, 0.3) is 0 Å². The van der Waals surface area contributed by atoms with Gasteiger partial charge < -0.3 is 10.1 Å². The maximum Gasteiger partial charge on any atom is 0.408 e. The van der Waals surface area contributed by atoms with Crippen LogP contribution < -0.4 is 5.32 Å². The molecule has 4 nitrogen and oxygen atoms in total. The topological polar surface area (TPSA) is 50.7 Å². The molecule has 0 spiro atoms. The summed E-state index contributed by atoms with van der Waals surface area (Å²) in [5, 5.41) is 3.67. The van der Waals surface area contributed by atoms with Crippen molar-refractivity contribution in [1.29, 1.82) is 0 Å². The maximum atomic E-state index is 11.5. The molecule has 0 aromatic heterocycles. The van der Waals surface area contributed by atoms with Gasteiger partial charge >= 0.3 is 6.09 Å². The summed E-state index contributed by atoms with van der Waals surface area (Å²) in [6, 6.07) is -0.107. The zero-order valence-electron chi connectivity index (χ0n) is 11.0. The van der Waals surface area contributed by atoms with Crippen LogP contribution in [-0.4, -0.2) is 35.6 Å². The molecule has 0 aromatic carbocycles. The SMILES string of the molecule is CCN=C(SC)[C@@H](C)NC(=O)OC(C)(C)C. The lowest BCUT2D eigenvalue weighted by Crippen LogP contribution is -2.40. The van der Waals surface area contributed by atoms with Crippen LogP contribution in [0, 0.1) is 0 Å². The number of alkyl carbamates (subject to hydrolysis) is 1. The van der Waals surface area contributed by atoms with Gasteiger partial charge in [0.1, 0.15) is 5.60 Å². The largest absolute Gasteiger partial charge is 0.444 e. The van der Waals surface area contributed by atoms with Crippen LogP contribution in [0.3, 0.4) is 0 Å². The summed E-state index contributed by atoms with van der Waals surface area (Å²) in [5.74, 6) is 0. The molecule has 0 heterocycles. The number of ether oxygens (including phenoxy) is 1. The number of amides is 1. The molecule has 0 radical (unpaired) electrons. The molecule has 0 fully saturated rings. The Bertz CT molecular complexity index is 259. The van der Waals surface area contributed by atoms with Crippen LogP contribution in [-0.2, 0) is 4.74 Å². The number of carbonyl (C=O) groups is 1. The summed E-state index contributed by atoms with van der Waals surface area (Å²) in [7, 11) is 0. The van der Waals surface area contributed by atoms with E-state index in [0.717, 1.165) is 11.6 Å². The van der Waals surface area contributed by atoms with Crippen molar-refractivity contribution in [3.8, 4) is 0 Å². The molecule has 5 heteroatoms. The van der Waals surface area contributed by atoms with Crippen LogP contribution in [0.4, 0.5) is 4.79 Å². The first-order valence-corrected chi connectivity index (χ1v) is 6.60. The fraction of sp³-hybridized carbons (Fsp3) is 0.818. The van der Waals surface area contributed by atoms with Gasteiger partial charge in [0.05, 0.1) is 11.1 Å². The molecule has 0 unspecified atom stereocenters. The van der Waals surface area contributed by atoms with Crippen molar-refractivity contribution in [3.05, 3.63) is 0 Å². The quantitative estimate of drug-likeness (QED) is 0.615. The Hall–Kier alpha value is -0.710. The van der Waals surface area contributed by atoms with Crippen molar-refractivity contribution in [2.75, 3.05) is 12.8 Å². The smallest absolute Gasteiger partial charge is 0.408 e. The van der Waals surface area contributed by atoms with Crippen molar-refractivity contribution < 1.29 is 9.53 Å². The molecule has 0 rings (SSSR count). The van der Waals surface area contributed by atoms with E-state index in [2.05, 4.69) is 10.3 Å². The summed E-state index contributed by atoms with van der Waals surface area (Å²) in [6.07, 6.45) is 1.54. The third-order valence-electron chi connectivity index (χ3n) is 1.63. The van der Waals surface area contributed by atoms with E-state index >= 15 is 0 Å². The molecule has 0 aliphatic heterocycles. The highest BCUT2D eigenvalue weighted by Gasteiger charge is 2.19. The third kappa shape index (κ3) is 6.71. The number of hydrogen-bond acceptors (Lipinski definition) is 4. The number of carbonyl (C=O) groups excluding carboxylic acids is 1. The Morgan fingerprint density at radius 1 is 1.50 bits per heavy atom. The Kier molecular flexibility index (Phi) is 6.48. The molecule has 0 aliphatic carbocycles. The van der Waals surface area contributed by atoms with Gasteiger partial charge in [0.25, 0.3) is 0 Å². The van der Waals surface area contributed by atoms with Crippen molar-refractivity contribution in [3.63, 3.8) is 0 Å². The van der Waals surface area contributed by atoms with E-state index in [1.165, 1.54) is 0 Å². The van der Waals surface area contributed by atoms with E-state index in [1.54, 1.807) is 11.8 Å². The first kappa shape index (κ1) is 15.3. The van der Waals surface area contributed by atoms with Gasteiger partial charge in [-0.15, -0.1) is 11.8 Å². The van der Waals surface area contributed by atoms with E-state index < -0.39 is 11.7 Å². The Balaban J connectivity index is 4.28. The first-order chi connectivity index (χ1) is 7.30. The second-order valence-electron chi connectivity index (χ2n) is 4.38. The molecule has 1 amide bonds. The van der Waals surface area contributed by atoms with E-state index in [4.69, 9.17) is 4.74 Å². The van der Waals surface area contributed by atoms with Gasteiger partial charge in [-0.25, -0.2) is 4.79 Å². The molecule has 0 aliphatic rings. The summed E-state index contributed by atoms with van der Waals surface area (Å²) < 4.78 is 5.17. The zero-order chi connectivity index (χ0) is 12.8. The lowest BCUT2D eigenvalue weighted by atomic mass is 10.2. The van der Waals surface area contributed by atoms with Gasteiger partial charge in [-0.1, -0.05) is 0 Å². The molecular formula is C11H22N2O2S. The zero-order valence-corrected chi connectivity index (χ0v) is 11.8. The number of hydrogen-bond donors (Lipinski definition) is 1. The summed E-state index contributed by atoms with van der Waals surface area (Å²) in [4.78, 5) is 15.8. The Labute approximate surface area is 102 Å². The van der Waals surface area contributed by atoms with Crippen molar-refractivity contribution in [2.24, 2.45) is 4.99 Å². The maximum absolute atomic E-state index is 11.5. The van der Waals surface area contributed by atoms with Crippen LogP contribution in [0.15, 0.2) is 4.99 Å². The average molecular weight is 246 g/mol. The molecule has 94 valence electrons. The van der Waals surface area contributed by atoms with Crippen LogP contribution >= 0.6 is 11.8 Å². The highest BCUT2D eigenvalue weighted by Crippen LogP contribution is 2.08. The number of aliphatic imine (C=N–C) groups is 1. The van der Waals surface area contributed by atoms with Crippen molar-refractivity contribution in [1.82, 2.24) is 5.32 Å².